The summed E-state index contributed by atoms with van der Waals surface area (Å²) in [4.78, 5) is 67.9. The van der Waals surface area contributed by atoms with Crippen molar-refractivity contribution in [3.63, 3.8) is 0 Å². The molecule has 0 bridgehead atoms. The lowest BCUT2D eigenvalue weighted by Crippen LogP contribution is -2.52. The lowest BCUT2D eigenvalue weighted by molar-refractivity contribution is -0.150. The van der Waals surface area contributed by atoms with Gasteiger partial charge in [0, 0.05) is 24.9 Å². The second-order valence-corrected chi connectivity index (χ2v) is 9.99. The first-order valence-electron chi connectivity index (χ1n) is 13.2. The van der Waals surface area contributed by atoms with E-state index in [1.54, 1.807) is 12.1 Å². The zero-order valence-electron chi connectivity index (χ0n) is 21.4. The third-order valence-electron chi connectivity index (χ3n) is 7.42. The number of unbranched alkanes of at least 4 members (excludes halogenated alkanes) is 1. The van der Waals surface area contributed by atoms with Crippen molar-refractivity contribution in [1.82, 2.24) is 20.5 Å². The van der Waals surface area contributed by atoms with Gasteiger partial charge in [-0.3, -0.25) is 19.4 Å². The average molecular weight is 532 g/mol. The van der Waals surface area contributed by atoms with Crippen LogP contribution in [-0.4, -0.2) is 80.5 Å². The number of carboxylic acids is 2. The number of nitrogens with one attached hydrogen (secondary N) is 2. The van der Waals surface area contributed by atoms with E-state index >= 15 is 0 Å². The molecule has 6 N–H and O–H groups in total. The van der Waals surface area contributed by atoms with Crippen LogP contribution in [0.1, 0.15) is 74.6 Å². The molecule has 1 aliphatic heterocycles. The molecule has 0 spiro atoms. The first kappa shape index (κ1) is 29.0. The van der Waals surface area contributed by atoms with E-state index in [0.29, 0.717) is 25.8 Å². The molecule has 0 unspecified atom stereocenters. The Morgan fingerprint density at radius 1 is 1.05 bits per heavy atom. The van der Waals surface area contributed by atoms with E-state index in [9.17, 15) is 34.2 Å². The van der Waals surface area contributed by atoms with E-state index in [0.717, 1.165) is 25.7 Å². The first-order chi connectivity index (χ1) is 18.2. The predicted molar refractivity (Wildman–Crippen MR) is 136 cm³/mol. The summed E-state index contributed by atoms with van der Waals surface area (Å²) in [6.45, 7) is 0.403. The number of carboxylic acid groups (broad SMARTS) is 2. The minimum atomic E-state index is -1.38. The fourth-order valence-corrected chi connectivity index (χ4v) is 5.47. The fraction of sp³-hybridized carbons (Fsp3) is 0.615. The van der Waals surface area contributed by atoms with Gasteiger partial charge in [-0.05, 0) is 69.5 Å². The lowest BCUT2D eigenvalue weighted by Gasteiger charge is -2.33. The summed E-state index contributed by atoms with van der Waals surface area (Å²) in [7, 11) is 0. The Balaban J connectivity index is 1.64. The van der Waals surface area contributed by atoms with Gasteiger partial charge in [-0.2, -0.15) is 0 Å². The molecule has 1 aromatic rings. The molecule has 1 aromatic heterocycles. The van der Waals surface area contributed by atoms with E-state index in [4.69, 9.17) is 5.73 Å². The van der Waals surface area contributed by atoms with Crippen LogP contribution in [0, 0.1) is 5.92 Å². The number of rotatable bonds is 13. The molecular formula is C26H37N5O7. The Labute approximate surface area is 221 Å². The van der Waals surface area contributed by atoms with Crippen LogP contribution in [0.15, 0.2) is 24.5 Å². The maximum absolute atomic E-state index is 13.1. The highest BCUT2D eigenvalue weighted by Gasteiger charge is 2.47. The number of carbonyl (C=O) groups is 5. The molecule has 2 aliphatic rings. The van der Waals surface area contributed by atoms with Gasteiger partial charge in [-0.1, -0.05) is 12.8 Å². The number of amides is 3. The molecular weight excluding hydrogens is 494 g/mol. The molecule has 0 aromatic carbocycles. The summed E-state index contributed by atoms with van der Waals surface area (Å²) < 4.78 is 0. The highest BCUT2D eigenvalue weighted by atomic mass is 16.4. The topological polar surface area (TPSA) is 192 Å². The van der Waals surface area contributed by atoms with E-state index in [1.165, 1.54) is 17.3 Å². The largest absolute Gasteiger partial charge is 0.480 e. The van der Waals surface area contributed by atoms with Crippen molar-refractivity contribution in [3.8, 4) is 0 Å². The fourth-order valence-electron chi connectivity index (χ4n) is 5.47. The Kier molecular flexibility index (Phi) is 10.6. The van der Waals surface area contributed by atoms with Crippen molar-refractivity contribution in [3.05, 3.63) is 30.1 Å². The number of fused-ring (bicyclic) bond motifs is 1. The molecule has 3 rings (SSSR count). The van der Waals surface area contributed by atoms with Gasteiger partial charge in [0.15, 0.2) is 0 Å². The minimum Gasteiger partial charge on any atom is -0.480 e. The lowest BCUT2D eigenvalue weighted by atomic mass is 9.84. The summed E-state index contributed by atoms with van der Waals surface area (Å²) >= 11 is 0. The summed E-state index contributed by atoms with van der Waals surface area (Å²) in [5, 5.41) is 24.5. The van der Waals surface area contributed by atoms with Crippen molar-refractivity contribution in [2.75, 3.05) is 6.54 Å². The number of nitrogens with zero attached hydrogens (tertiary/aromatic N) is 2. The maximum Gasteiger partial charge on any atom is 0.326 e. The number of pyridine rings is 1. The first-order valence-corrected chi connectivity index (χ1v) is 13.2. The smallest absolute Gasteiger partial charge is 0.326 e. The summed E-state index contributed by atoms with van der Waals surface area (Å²) in [5.41, 5.74) is 5.80. The number of aromatic nitrogens is 1. The van der Waals surface area contributed by atoms with Crippen LogP contribution in [0.3, 0.4) is 0 Å². The number of hydrogen-bond acceptors (Lipinski definition) is 7. The second kappa shape index (κ2) is 13.8. The van der Waals surface area contributed by atoms with Crippen LogP contribution in [0.4, 0.5) is 0 Å². The normalized spacial score (nSPS) is 22.1. The molecule has 5 atom stereocenters. The van der Waals surface area contributed by atoms with Crippen molar-refractivity contribution in [2.24, 2.45) is 11.7 Å². The third kappa shape index (κ3) is 7.50. The van der Waals surface area contributed by atoms with Crippen molar-refractivity contribution >= 4 is 29.7 Å². The van der Waals surface area contributed by atoms with E-state index in [2.05, 4.69) is 15.6 Å². The average Bonchev–Trinajstić information content (AvgIpc) is 3.30. The number of hydrogen-bond donors (Lipinski definition) is 5. The van der Waals surface area contributed by atoms with Gasteiger partial charge in [-0.25, -0.2) is 9.59 Å². The quantitative estimate of drug-likeness (QED) is 0.230. The van der Waals surface area contributed by atoms with Gasteiger partial charge >= 0.3 is 11.9 Å². The summed E-state index contributed by atoms with van der Waals surface area (Å²) in [6, 6.07) is -0.326. The summed E-state index contributed by atoms with van der Waals surface area (Å²) in [6.07, 6.45) is 7.79. The molecule has 38 heavy (non-hydrogen) atoms. The highest BCUT2D eigenvalue weighted by molar-refractivity contribution is 5.98. The monoisotopic (exact) mass is 531 g/mol. The molecule has 1 aliphatic carbocycles. The van der Waals surface area contributed by atoms with Crippen molar-refractivity contribution in [1.29, 1.82) is 0 Å². The molecule has 2 heterocycles. The zero-order valence-corrected chi connectivity index (χ0v) is 21.4. The van der Waals surface area contributed by atoms with Crippen molar-refractivity contribution in [2.45, 2.75) is 88.4 Å². The van der Waals surface area contributed by atoms with Crippen LogP contribution in [-0.2, 0) is 19.2 Å². The van der Waals surface area contributed by atoms with Gasteiger partial charge in [0.05, 0.1) is 5.56 Å². The molecule has 3 amide bonds. The van der Waals surface area contributed by atoms with Gasteiger partial charge < -0.3 is 31.5 Å². The zero-order chi connectivity index (χ0) is 27.7. The van der Waals surface area contributed by atoms with Crippen LogP contribution in [0.2, 0.25) is 0 Å². The van der Waals surface area contributed by atoms with Crippen LogP contribution in [0.25, 0.3) is 0 Å². The number of carbonyl (C=O) groups excluding carboxylic acids is 3. The van der Waals surface area contributed by atoms with Gasteiger partial charge in [-0.15, -0.1) is 0 Å². The van der Waals surface area contributed by atoms with E-state index in [-0.39, 0.29) is 36.8 Å². The van der Waals surface area contributed by atoms with Gasteiger partial charge in [0.25, 0.3) is 5.91 Å². The summed E-state index contributed by atoms with van der Waals surface area (Å²) in [5.74, 6) is -3.87. The molecule has 2 fully saturated rings. The van der Waals surface area contributed by atoms with Crippen LogP contribution in [0.5, 0.6) is 0 Å². The van der Waals surface area contributed by atoms with Gasteiger partial charge in [0.1, 0.15) is 18.1 Å². The number of likely N-dealkylation sites (tertiary alicyclic amines) is 1. The molecule has 0 radical (unpaired) electrons. The highest BCUT2D eigenvalue weighted by Crippen LogP contribution is 2.40. The Bertz CT molecular complexity index is 1000. The van der Waals surface area contributed by atoms with E-state index < -0.39 is 47.8 Å². The predicted octanol–water partition coefficient (Wildman–Crippen LogP) is 0.903. The Morgan fingerprint density at radius 3 is 2.47 bits per heavy atom. The van der Waals surface area contributed by atoms with E-state index in [1.807, 2.05) is 0 Å². The molecule has 1 saturated carbocycles. The third-order valence-corrected chi connectivity index (χ3v) is 7.42. The van der Waals surface area contributed by atoms with Gasteiger partial charge in [0.2, 0.25) is 11.8 Å². The minimum absolute atomic E-state index is 0.140. The second-order valence-electron chi connectivity index (χ2n) is 9.99. The standard InChI is InChI=1S/C26H37N5O7/c27-12-4-3-8-18(29-23(33)17-7-5-13-28-15-17)24(34)30-19(25(35)36)10-11-22(32)31-20-9-2-1-6-16(20)14-21(31)26(37)38/h5,7,13,15-16,18-21H,1-4,6,8-12,14,27H2,(H,29,33)(H,30,34)(H,35,36)(H,37,38)/t16-,18-,19+,20-,21-/m0/s1. The number of aliphatic carboxylic acids is 2. The molecule has 12 heteroatoms. The molecule has 208 valence electrons. The number of nitrogens with two attached hydrogens (primary N) is 1. The van der Waals surface area contributed by atoms with Crippen LogP contribution < -0.4 is 16.4 Å². The van der Waals surface area contributed by atoms with Crippen molar-refractivity contribution < 1.29 is 34.2 Å². The Hall–Kier alpha value is -3.54. The Morgan fingerprint density at radius 2 is 1.82 bits per heavy atom. The maximum atomic E-state index is 13.1. The van der Waals surface area contributed by atoms with Crippen LogP contribution >= 0.6 is 0 Å². The SMILES string of the molecule is NCCCC[C@H](NC(=O)c1cccnc1)C(=O)N[C@H](CCC(=O)N1[C@H](C(=O)O)C[C@@H]2CCCC[C@@H]21)C(=O)O. The molecule has 12 nitrogen and oxygen atoms in total. The molecule has 1 saturated heterocycles.